The third kappa shape index (κ3) is 5.57. The fourth-order valence-corrected chi connectivity index (χ4v) is 5.07. The molecule has 0 N–H and O–H groups in total. The quantitative estimate of drug-likeness (QED) is 0.503. The molecule has 2 aromatic rings. The van der Waals surface area contributed by atoms with Crippen LogP contribution in [0.5, 0.6) is 11.5 Å². The smallest absolute Gasteiger partial charge is 0.242 e. The summed E-state index contributed by atoms with van der Waals surface area (Å²) < 4.78 is 16.7. The number of aryl methyl sites for hydroxylation is 1. The summed E-state index contributed by atoms with van der Waals surface area (Å²) in [6.45, 7) is 3.00. The predicted octanol–water partition coefficient (Wildman–Crippen LogP) is 4.81. The van der Waals surface area contributed by atoms with E-state index in [9.17, 15) is 9.59 Å². The molecule has 34 heavy (non-hydrogen) atoms. The Hall–Kier alpha value is -2.96. The monoisotopic (exact) mass is 466 g/mol. The Morgan fingerprint density at radius 3 is 2.47 bits per heavy atom. The van der Waals surface area contributed by atoms with Gasteiger partial charge in [-0.1, -0.05) is 31.7 Å². The number of benzene rings is 1. The molecule has 0 spiro atoms. The Bertz CT molecular complexity index is 1020. The van der Waals surface area contributed by atoms with Gasteiger partial charge in [-0.2, -0.15) is 0 Å². The SMILES string of the molecule is Cc1ccc(CN(Cc2ccc3c(c2)OCO3)C(=O)CN(C(=O)CCC2CCCC2)C2CC2)o1. The average molecular weight is 467 g/mol. The topological polar surface area (TPSA) is 72.2 Å². The highest BCUT2D eigenvalue weighted by Crippen LogP contribution is 2.34. The molecule has 5 rings (SSSR count). The number of carbonyl (C=O) groups excluding carboxylic acids is 2. The van der Waals surface area contributed by atoms with E-state index >= 15 is 0 Å². The van der Waals surface area contributed by atoms with E-state index in [4.69, 9.17) is 13.9 Å². The van der Waals surface area contributed by atoms with Crippen LogP contribution in [0, 0.1) is 12.8 Å². The van der Waals surface area contributed by atoms with Crippen LogP contribution in [-0.4, -0.2) is 41.0 Å². The molecule has 0 atom stereocenters. The van der Waals surface area contributed by atoms with Gasteiger partial charge in [0.05, 0.1) is 6.54 Å². The van der Waals surface area contributed by atoms with Crippen molar-refractivity contribution in [2.45, 2.75) is 77.4 Å². The molecule has 0 radical (unpaired) electrons. The van der Waals surface area contributed by atoms with Crippen molar-refractivity contribution in [3.05, 3.63) is 47.4 Å². The van der Waals surface area contributed by atoms with Crippen molar-refractivity contribution in [3.63, 3.8) is 0 Å². The van der Waals surface area contributed by atoms with Crippen LogP contribution in [0.3, 0.4) is 0 Å². The largest absolute Gasteiger partial charge is 0.464 e. The van der Waals surface area contributed by atoms with E-state index in [1.165, 1.54) is 25.7 Å². The summed E-state index contributed by atoms with van der Waals surface area (Å²) in [5.41, 5.74) is 0.950. The molecular formula is C27H34N2O5. The summed E-state index contributed by atoms with van der Waals surface area (Å²) in [7, 11) is 0. The Morgan fingerprint density at radius 1 is 0.941 bits per heavy atom. The molecule has 0 saturated heterocycles. The number of furan rings is 1. The highest BCUT2D eigenvalue weighted by molar-refractivity contribution is 5.85. The van der Waals surface area contributed by atoms with Crippen LogP contribution in [0.1, 0.15) is 68.5 Å². The first-order chi connectivity index (χ1) is 16.5. The third-order valence-electron chi connectivity index (χ3n) is 7.16. The molecule has 0 bridgehead atoms. The van der Waals surface area contributed by atoms with Gasteiger partial charge in [0, 0.05) is 19.0 Å². The number of carbonyl (C=O) groups is 2. The van der Waals surface area contributed by atoms with Crippen molar-refractivity contribution in [1.29, 1.82) is 0 Å². The Balaban J connectivity index is 1.27. The Labute approximate surface area is 201 Å². The lowest BCUT2D eigenvalue weighted by Gasteiger charge is -2.28. The van der Waals surface area contributed by atoms with Crippen LogP contribution >= 0.6 is 0 Å². The molecule has 2 heterocycles. The minimum atomic E-state index is -0.0622. The molecule has 182 valence electrons. The molecule has 2 fully saturated rings. The number of ether oxygens (including phenoxy) is 2. The lowest BCUT2D eigenvalue weighted by atomic mass is 10.0. The van der Waals surface area contributed by atoms with Gasteiger partial charge in [-0.05, 0) is 61.9 Å². The lowest BCUT2D eigenvalue weighted by Crippen LogP contribution is -2.43. The minimum absolute atomic E-state index is 0.0622. The van der Waals surface area contributed by atoms with E-state index in [0.29, 0.717) is 31.2 Å². The molecule has 2 amide bonds. The first kappa shape index (κ1) is 22.8. The highest BCUT2D eigenvalue weighted by atomic mass is 16.7. The van der Waals surface area contributed by atoms with E-state index in [0.717, 1.165) is 42.1 Å². The first-order valence-electron chi connectivity index (χ1n) is 12.6. The number of nitrogens with zero attached hydrogens (tertiary/aromatic N) is 2. The molecule has 1 aromatic heterocycles. The van der Waals surface area contributed by atoms with Crippen LogP contribution in [0.4, 0.5) is 0 Å². The number of amides is 2. The van der Waals surface area contributed by atoms with Gasteiger partial charge in [0.25, 0.3) is 0 Å². The summed E-state index contributed by atoms with van der Waals surface area (Å²) in [6, 6.07) is 9.76. The van der Waals surface area contributed by atoms with Gasteiger partial charge in [0.1, 0.15) is 18.1 Å². The van der Waals surface area contributed by atoms with Crippen molar-refractivity contribution >= 4 is 11.8 Å². The van der Waals surface area contributed by atoms with Crippen LogP contribution in [0.25, 0.3) is 0 Å². The molecule has 1 aliphatic heterocycles. The zero-order valence-corrected chi connectivity index (χ0v) is 20.0. The van der Waals surface area contributed by atoms with Crippen LogP contribution in [-0.2, 0) is 22.7 Å². The molecule has 7 nitrogen and oxygen atoms in total. The Morgan fingerprint density at radius 2 is 1.74 bits per heavy atom. The number of hydrogen-bond donors (Lipinski definition) is 0. The van der Waals surface area contributed by atoms with E-state index in [2.05, 4.69) is 0 Å². The zero-order valence-electron chi connectivity index (χ0n) is 20.0. The molecule has 3 aliphatic rings. The molecule has 0 unspecified atom stereocenters. The second-order valence-electron chi connectivity index (χ2n) is 9.89. The minimum Gasteiger partial charge on any atom is -0.464 e. The maximum Gasteiger partial charge on any atom is 0.242 e. The van der Waals surface area contributed by atoms with Crippen LogP contribution < -0.4 is 9.47 Å². The van der Waals surface area contributed by atoms with Crippen molar-refractivity contribution in [3.8, 4) is 11.5 Å². The zero-order chi connectivity index (χ0) is 23.5. The molecule has 2 aliphatic carbocycles. The second kappa shape index (κ2) is 10.1. The average Bonchev–Trinajstić information content (AvgIpc) is 3.18. The van der Waals surface area contributed by atoms with Crippen molar-refractivity contribution < 1.29 is 23.5 Å². The molecule has 7 heteroatoms. The van der Waals surface area contributed by atoms with E-state index < -0.39 is 0 Å². The van der Waals surface area contributed by atoms with Crippen molar-refractivity contribution in [2.24, 2.45) is 5.92 Å². The summed E-state index contributed by atoms with van der Waals surface area (Å²) in [4.78, 5) is 30.2. The van der Waals surface area contributed by atoms with E-state index in [1.807, 2.05) is 42.2 Å². The maximum absolute atomic E-state index is 13.5. The summed E-state index contributed by atoms with van der Waals surface area (Å²) >= 11 is 0. The second-order valence-corrected chi connectivity index (χ2v) is 9.89. The highest BCUT2D eigenvalue weighted by Gasteiger charge is 2.35. The van der Waals surface area contributed by atoms with Gasteiger partial charge >= 0.3 is 0 Å². The van der Waals surface area contributed by atoms with Crippen LogP contribution in [0.15, 0.2) is 34.7 Å². The summed E-state index contributed by atoms with van der Waals surface area (Å²) in [5.74, 6) is 3.69. The Kier molecular flexibility index (Phi) is 6.79. The van der Waals surface area contributed by atoms with E-state index in [-0.39, 0.29) is 31.2 Å². The van der Waals surface area contributed by atoms with Gasteiger partial charge in [-0.3, -0.25) is 9.59 Å². The van der Waals surface area contributed by atoms with Gasteiger partial charge in [-0.15, -0.1) is 0 Å². The van der Waals surface area contributed by atoms with Crippen LogP contribution in [0.2, 0.25) is 0 Å². The standard InChI is InChI=1S/C27H34N2O5/c1-19-6-11-23(34-19)16-28(15-21-7-12-24-25(14-21)33-18-32-24)27(31)17-29(22-9-10-22)26(30)13-8-20-4-2-3-5-20/h6-7,11-12,14,20,22H,2-5,8-10,13,15-18H2,1H3. The third-order valence-corrected chi connectivity index (χ3v) is 7.16. The number of rotatable bonds is 10. The van der Waals surface area contributed by atoms with Gasteiger partial charge < -0.3 is 23.7 Å². The van der Waals surface area contributed by atoms with Gasteiger partial charge in [0.15, 0.2) is 11.5 Å². The predicted molar refractivity (Wildman–Crippen MR) is 126 cm³/mol. The molecule has 2 saturated carbocycles. The molecular weight excluding hydrogens is 432 g/mol. The number of hydrogen-bond acceptors (Lipinski definition) is 5. The maximum atomic E-state index is 13.5. The van der Waals surface area contributed by atoms with Gasteiger partial charge in [-0.25, -0.2) is 0 Å². The first-order valence-corrected chi connectivity index (χ1v) is 12.6. The molecule has 1 aromatic carbocycles. The normalized spacial score (nSPS) is 17.2. The van der Waals surface area contributed by atoms with Crippen molar-refractivity contribution in [1.82, 2.24) is 9.80 Å². The number of fused-ring (bicyclic) bond motifs is 1. The summed E-state index contributed by atoms with van der Waals surface area (Å²) in [5, 5.41) is 0. The fraction of sp³-hybridized carbons (Fsp3) is 0.556. The lowest BCUT2D eigenvalue weighted by molar-refractivity contribution is -0.142. The van der Waals surface area contributed by atoms with E-state index in [1.54, 1.807) is 4.90 Å². The van der Waals surface area contributed by atoms with Gasteiger partial charge in [0.2, 0.25) is 18.6 Å². The summed E-state index contributed by atoms with van der Waals surface area (Å²) in [6.07, 6.45) is 8.51. The fourth-order valence-electron chi connectivity index (χ4n) is 5.07. The van der Waals surface area contributed by atoms with Crippen molar-refractivity contribution in [2.75, 3.05) is 13.3 Å².